The van der Waals surface area contributed by atoms with E-state index in [0.29, 0.717) is 71.9 Å². The molecule has 1 atom stereocenters. The number of piperidine rings is 1. The number of ether oxygens (including phenoxy) is 2. The number of carbonyl (C=O) groups excluding carboxylic acids is 2. The first kappa shape index (κ1) is 24.9. The number of pyridine rings is 1. The third-order valence-corrected chi connectivity index (χ3v) is 8.10. The summed E-state index contributed by atoms with van der Waals surface area (Å²) >= 11 is 6.69. The van der Waals surface area contributed by atoms with E-state index in [-0.39, 0.29) is 29.5 Å². The second-order valence-corrected chi connectivity index (χ2v) is 10.7. The lowest BCUT2D eigenvalue weighted by Gasteiger charge is -2.32. The number of fused-ring (bicyclic) bond motifs is 1. The van der Waals surface area contributed by atoms with Crippen LogP contribution in [0.5, 0.6) is 0 Å². The van der Waals surface area contributed by atoms with Gasteiger partial charge in [0.05, 0.1) is 35.6 Å². The standard InChI is InChI=1S/C25H28N4O5S2/c1-2-33-24(32)16-8-11-27(12-9-16)21-18(22(30)28-10-4-3-7-20(28)26-21)14-19-23(31)29(25(35)36-19)15-17-6-5-13-34-17/h3-4,7,10,14,16-17H,2,5-6,8-9,11-13,15H2,1H3/b19-14-/t17-/m0/s1. The Balaban J connectivity index is 1.47. The van der Waals surface area contributed by atoms with Crippen LogP contribution in [0.2, 0.25) is 0 Å². The number of amides is 1. The first-order chi connectivity index (χ1) is 17.5. The van der Waals surface area contributed by atoms with Gasteiger partial charge in [-0.25, -0.2) is 4.98 Å². The molecule has 0 radical (unpaired) electrons. The molecule has 1 amide bonds. The van der Waals surface area contributed by atoms with Crippen LogP contribution < -0.4 is 10.5 Å². The predicted molar refractivity (Wildman–Crippen MR) is 142 cm³/mol. The molecule has 0 bridgehead atoms. The van der Waals surface area contributed by atoms with Gasteiger partial charge in [-0.1, -0.05) is 30.0 Å². The lowest BCUT2D eigenvalue weighted by Crippen LogP contribution is -2.39. The number of aromatic nitrogens is 2. The molecule has 2 aromatic rings. The van der Waals surface area contributed by atoms with Crippen LogP contribution in [0, 0.1) is 5.92 Å². The molecule has 2 aromatic heterocycles. The molecule has 11 heteroatoms. The van der Waals surface area contributed by atoms with Crippen LogP contribution >= 0.6 is 24.0 Å². The maximum absolute atomic E-state index is 13.6. The monoisotopic (exact) mass is 528 g/mol. The van der Waals surface area contributed by atoms with E-state index in [0.717, 1.165) is 12.8 Å². The molecule has 5 heterocycles. The van der Waals surface area contributed by atoms with Gasteiger partial charge < -0.3 is 14.4 Å². The van der Waals surface area contributed by atoms with Crippen molar-refractivity contribution >= 4 is 57.7 Å². The summed E-state index contributed by atoms with van der Waals surface area (Å²) in [6.07, 6.45) is 6.37. The van der Waals surface area contributed by atoms with Crippen LogP contribution in [0.15, 0.2) is 34.1 Å². The fourth-order valence-electron chi connectivity index (χ4n) is 4.83. The summed E-state index contributed by atoms with van der Waals surface area (Å²) in [5, 5.41) is 0. The van der Waals surface area contributed by atoms with Gasteiger partial charge in [0, 0.05) is 25.9 Å². The fourth-order valence-corrected chi connectivity index (χ4v) is 6.08. The lowest BCUT2D eigenvalue weighted by molar-refractivity contribution is -0.148. The zero-order valence-corrected chi connectivity index (χ0v) is 21.7. The Morgan fingerprint density at radius 3 is 2.81 bits per heavy atom. The zero-order valence-electron chi connectivity index (χ0n) is 20.1. The van der Waals surface area contributed by atoms with E-state index in [4.69, 9.17) is 26.7 Å². The van der Waals surface area contributed by atoms with Gasteiger partial charge in [0.15, 0.2) is 0 Å². The quantitative estimate of drug-likeness (QED) is 0.319. The van der Waals surface area contributed by atoms with Crippen LogP contribution in [0.25, 0.3) is 11.7 Å². The molecule has 0 aliphatic carbocycles. The number of rotatable bonds is 6. The van der Waals surface area contributed by atoms with E-state index in [9.17, 15) is 14.4 Å². The summed E-state index contributed by atoms with van der Waals surface area (Å²) in [5.41, 5.74) is 0.603. The molecular formula is C25H28N4O5S2. The third kappa shape index (κ3) is 4.91. The van der Waals surface area contributed by atoms with Crippen LogP contribution in [-0.4, -0.2) is 69.4 Å². The first-order valence-electron chi connectivity index (χ1n) is 12.3. The topological polar surface area (TPSA) is 93.5 Å². The van der Waals surface area contributed by atoms with Crippen molar-refractivity contribution in [3.63, 3.8) is 0 Å². The average molecular weight is 529 g/mol. The molecule has 0 aromatic carbocycles. The van der Waals surface area contributed by atoms with Gasteiger partial charge in [0.25, 0.3) is 11.5 Å². The molecule has 0 unspecified atom stereocenters. The highest BCUT2D eigenvalue weighted by Crippen LogP contribution is 2.35. The van der Waals surface area contributed by atoms with E-state index in [1.165, 1.54) is 16.2 Å². The van der Waals surface area contributed by atoms with Crippen molar-refractivity contribution in [2.24, 2.45) is 5.92 Å². The van der Waals surface area contributed by atoms with E-state index in [2.05, 4.69) is 0 Å². The highest BCUT2D eigenvalue weighted by atomic mass is 32.2. The summed E-state index contributed by atoms with van der Waals surface area (Å²) in [6.45, 7) is 4.39. The summed E-state index contributed by atoms with van der Waals surface area (Å²) in [7, 11) is 0. The fraction of sp³-hybridized carbons (Fsp3) is 0.480. The van der Waals surface area contributed by atoms with Gasteiger partial charge in [-0.2, -0.15) is 0 Å². The molecule has 3 aliphatic rings. The molecule has 3 fully saturated rings. The van der Waals surface area contributed by atoms with Gasteiger partial charge in [-0.05, 0) is 50.8 Å². The molecule has 5 rings (SSSR count). The Labute approximate surface area is 218 Å². The second-order valence-electron chi connectivity index (χ2n) is 9.02. The van der Waals surface area contributed by atoms with E-state index in [1.807, 2.05) is 11.0 Å². The number of thioether (sulfide) groups is 1. The smallest absolute Gasteiger partial charge is 0.309 e. The van der Waals surface area contributed by atoms with Gasteiger partial charge in [0.2, 0.25) is 0 Å². The summed E-state index contributed by atoms with van der Waals surface area (Å²) in [5.74, 6) is -0.0537. The Bertz CT molecular complexity index is 1280. The number of thiocarbonyl (C=S) groups is 1. The number of hydrogen-bond donors (Lipinski definition) is 0. The molecule has 3 saturated heterocycles. The van der Waals surface area contributed by atoms with E-state index in [1.54, 1.807) is 36.2 Å². The maximum atomic E-state index is 13.6. The number of nitrogens with zero attached hydrogens (tertiary/aromatic N) is 4. The van der Waals surface area contributed by atoms with Crippen LogP contribution in [0.1, 0.15) is 38.2 Å². The highest BCUT2D eigenvalue weighted by molar-refractivity contribution is 8.26. The van der Waals surface area contributed by atoms with Crippen LogP contribution in [0.4, 0.5) is 5.82 Å². The highest BCUT2D eigenvalue weighted by Gasteiger charge is 2.36. The Morgan fingerprint density at radius 2 is 2.08 bits per heavy atom. The van der Waals surface area contributed by atoms with Crippen molar-refractivity contribution in [1.82, 2.24) is 14.3 Å². The molecule has 0 saturated carbocycles. The second kappa shape index (κ2) is 10.7. The average Bonchev–Trinajstić information content (AvgIpc) is 3.50. The normalized spacial score (nSPS) is 22.2. The van der Waals surface area contributed by atoms with Gasteiger partial charge in [-0.3, -0.25) is 23.7 Å². The van der Waals surface area contributed by atoms with Crippen molar-refractivity contribution in [2.75, 3.05) is 37.7 Å². The van der Waals surface area contributed by atoms with Crippen molar-refractivity contribution in [1.29, 1.82) is 0 Å². The molecule has 36 heavy (non-hydrogen) atoms. The maximum Gasteiger partial charge on any atom is 0.309 e. The number of hydrogen-bond acceptors (Lipinski definition) is 9. The Kier molecular flexibility index (Phi) is 7.40. The Hall–Kier alpha value is -2.76. The molecule has 190 valence electrons. The van der Waals surface area contributed by atoms with Crippen molar-refractivity contribution in [2.45, 2.75) is 38.7 Å². The minimum absolute atomic E-state index is 0.0175. The van der Waals surface area contributed by atoms with Crippen LogP contribution in [0.3, 0.4) is 0 Å². The first-order valence-corrected chi connectivity index (χ1v) is 13.5. The Morgan fingerprint density at radius 1 is 1.28 bits per heavy atom. The number of carbonyl (C=O) groups is 2. The van der Waals surface area contributed by atoms with Crippen molar-refractivity contribution in [3.05, 3.63) is 45.2 Å². The van der Waals surface area contributed by atoms with Crippen LogP contribution in [-0.2, 0) is 19.1 Å². The molecular weight excluding hydrogens is 500 g/mol. The lowest BCUT2D eigenvalue weighted by atomic mass is 9.96. The molecule has 9 nitrogen and oxygen atoms in total. The van der Waals surface area contributed by atoms with E-state index < -0.39 is 0 Å². The van der Waals surface area contributed by atoms with Gasteiger partial charge in [0.1, 0.15) is 15.8 Å². The minimum atomic E-state index is -0.257. The van der Waals surface area contributed by atoms with Crippen molar-refractivity contribution < 1.29 is 19.1 Å². The summed E-state index contributed by atoms with van der Waals surface area (Å²) < 4.78 is 12.8. The number of esters is 1. The molecule has 3 aliphatic heterocycles. The zero-order chi connectivity index (χ0) is 25.2. The molecule has 0 spiro atoms. The third-order valence-electron chi connectivity index (χ3n) is 6.72. The molecule has 0 N–H and O–H groups in total. The largest absolute Gasteiger partial charge is 0.466 e. The minimum Gasteiger partial charge on any atom is -0.466 e. The van der Waals surface area contributed by atoms with Gasteiger partial charge >= 0.3 is 5.97 Å². The SMILES string of the molecule is CCOC(=O)C1CCN(c2nc3ccccn3c(=O)c2/C=C2\SC(=S)N(C[C@@H]3CCCO3)C2=O)CC1. The number of anilines is 1. The van der Waals surface area contributed by atoms with E-state index >= 15 is 0 Å². The summed E-state index contributed by atoms with van der Waals surface area (Å²) in [4.78, 5) is 47.8. The summed E-state index contributed by atoms with van der Waals surface area (Å²) in [6, 6.07) is 5.38. The van der Waals surface area contributed by atoms with Gasteiger partial charge in [-0.15, -0.1) is 0 Å². The van der Waals surface area contributed by atoms with Crippen molar-refractivity contribution in [3.8, 4) is 0 Å². The predicted octanol–water partition coefficient (Wildman–Crippen LogP) is 2.85.